The third kappa shape index (κ3) is 4.07. The number of hydrogen-bond acceptors (Lipinski definition) is 5. The van der Waals surface area contributed by atoms with Crippen LogP contribution < -0.4 is 10.5 Å². The zero-order chi connectivity index (χ0) is 19.3. The van der Waals surface area contributed by atoms with Crippen LogP contribution in [0.25, 0.3) is 22.8 Å². The van der Waals surface area contributed by atoms with Crippen molar-refractivity contribution in [3.8, 4) is 34.3 Å². The van der Waals surface area contributed by atoms with Crippen LogP contribution in [0.4, 0.5) is 4.39 Å². The van der Waals surface area contributed by atoms with E-state index in [0.29, 0.717) is 29.8 Å². The summed E-state index contributed by atoms with van der Waals surface area (Å²) in [5, 5.41) is 4.06. The molecule has 0 aliphatic rings. The van der Waals surface area contributed by atoms with Crippen LogP contribution in [0.3, 0.4) is 0 Å². The number of benzene rings is 3. The molecule has 5 nitrogen and oxygen atoms in total. The Bertz CT molecular complexity index is 1040. The number of nitrogens with two attached hydrogens (primary N) is 1. The molecular weight excluding hydrogens is 357 g/mol. The Morgan fingerprint density at radius 2 is 1.43 bits per heavy atom. The van der Waals surface area contributed by atoms with Crippen molar-refractivity contribution in [2.24, 2.45) is 5.73 Å². The fourth-order valence-corrected chi connectivity index (χ4v) is 2.75. The van der Waals surface area contributed by atoms with Crippen LogP contribution in [0.2, 0.25) is 0 Å². The van der Waals surface area contributed by atoms with E-state index >= 15 is 0 Å². The first kappa shape index (κ1) is 17.9. The van der Waals surface area contributed by atoms with Crippen molar-refractivity contribution in [2.45, 2.75) is 6.42 Å². The molecule has 4 aromatic rings. The minimum Gasteiger partial charge on any atom is -0.457 e. The molecule has 1 heterocycles. The Hall–Kier alpha value is -3.51. The van der Waals surface area contributed by atoms with Gasteiger partial charge in [0.2, 0.25) is 5.82 Å². The summed E-state index contributed by atoms with van der Waals surface area (Å²) >= 11 is 0. The van der Waals surface area contributed by atoms with Gasteiger partial charge in [0.1, 0.15) is 17.3 Å². The molecule has 140 valence electrons. The fraction of sp³-hybridized carbons (Fsp3) is 0.0909. The van der Waals surface area contributed by atoms with E-state index in [4.69, 9.17) is 15.0 Å². The Morgan fingerprint density at radius 1 is 0.821 bits per heavy atom. The molecule has 0 unspecified atom stereocenters. The number of nitrogens with zero attached hydrogens (tertiary/aromatic N) is 2. The molecule has 0 fully saturated rings. The lowest BCUT2D eigenvalue weighted by molar-refractivity contribution is 0.432. The van der Waals surface area contributed by atoms with Crippen LogP contribution in [0, 0.1) is 5.82 Å². The molecule has 0 radical (unpaired) electrons. The summed E-state index contributed by atoms with van der Waals surface area (Å²) in [6, 6.07) is 21.1. The maximum atomic E-state index is 13.0. The lowest BCUT2D eigenvalue weighted by Crippen LogP contribution is -2.02. The molecule has 2 N–H and O–H groups in total. The Kier molecular flexibility index (Phi) is 5.12. The van der Waals surface area contributed by atoms with E-state index in [0.717, 1.165) is 17.5 Å². The van der Waals surface area contributed by atoms with Gasteiger partial charge in [-0.2, -0.15) is 4.98 Å². The number of halogens is 1. The van der Waals surface area contributed by atoms with Crippen LogP contribution in [0.15, 0.2) is 77.3 Å². The van der Waals surface area contributed by atoms with Crippen molar-refractivity contribution in [3.63, 3.8) is 0 Å². The van der Waals surface area contributed by atoms with Gasteiger partial charge in [0.05, 0.1) is 0 Å². The smallest absolute Gasteiger partial charge is 0.258 e. The van der Waals surface area contributed by atoms with Crippen LogP contribution in [0.5, 0.6) is 11.5 Å². The standard InChI is InChI=1S/C22H18FN3O2/c23-18-7-11-20(12-8-18)27-19-9-5-16(6-10-19)21-25-22(28-26-21)17-3-1-15(2-4-17)13-14-24/h1-12H,13-14,24H2. The highest BCUT2D eigenvalue weighted by Crippen LogP contribution is 2.26. The van der Waals surface area contributed by atoms with Gasteiger partial charge < -0.3 is 15.0 Å². The minimum absolute atomic E-state index is 0.301. The average Bonchev–Trinajstić information content (AvgIpc) is 3.21. The van der Waals surface area contributed by atoms with Crippen molar-refractivity contribution in [1.82, 2.24) is 10.1 Å². The van der Waals surface area contributed by atoms with E-state index in [-0.39, 0.29) is 5.82 Å². The van der Waals surface area contributed by atoms with Gasteiger partial charge in [-0.15, -0.1) is 0 Å². The van der Waals surface area contributed by atoms with Crippen molar-refractivity contribution < 1.29 is 13.7 Å². The second kappa shape index (κ2) is 8.02. The summed E-state index contributed by atoms with van der Waals surface area (Å²) in [4.78, 5) is 4.46. The molecule has 0 saturated heterocycles. The molecule has 0 atom stereocenters. The molecule has 0 aliphatic carbocycles. The van der Waals surface area contributed by atoms with Gasteiger partial charge in [0.15, 0.2) is 0 Å². The molecule has 0 bridgehead atoms. The second-order valence-electron chi connectivity index (χ2n) is 6.24. The first-order chi connectivity index (χ1) is 13.7. The topological polar surface area (TPSA) is 74.2 Å². The maximum absolute atomic E-state index is 13.0. The van der Waals surface area contributed by atoms with Crippen LogP contribution in [0.1, 0.15) is 5.56 Å². The van der Waals surface area contributed by atoms with Gasteiger partial charge in [-0.25, -0.2) is 4.39 Å². The van der Waals surface area contributed by atoms with E-state index in [2.05, 4.69) is 10.1 Å². The van der Waals surface area contributed by atoms with Crippen LogP contribution in [-0.2, 0) is 6.42 Å². The lowest BCUT2D eigenvalue weighted by atomic mass is 10.1. The molecule has 1 aromatic heterocycles. The van der Waals surface area contributed by atoms with Gasteiger partial charge in [-0.3, -0.25) is 0 Å². The SMILES string of the molecule is NCCc1ccc(-c2nc(-c3ccc(Oc4ccc(F)cc4)cc3)no2)cc1. The molecule has 3 aromatic carbocycles. The van der Waals surface area contributed by atoms with Crippen molar-refractivity contribution in [1.29, 1.82) is 0 Å². The monoisotopic (exact) mass is 375 g/mol. The fourth-order valence-electron chi connectivity index (χ4n) is 2.75. The largest absolute Gasteiger partial charge is 0.457 e. The second-order valence-corrected chi connectivity index (χ2v) is 6.24. The van der Waals surface area contributed by atoms with E-state index in [1.165, 1.54) is 17.7 Å². The number of rotatable bonds is 6. The molecular formula is C22H18FN3O2. The quantitative estimate of drug-likeness (QED) is 0.522. The third-order valence-electron chi connectivity index (χ3n) is 4.22. The molecule has 6 heteroatoms. The van der Waals surface area contributed by atoms with Crippen LogP contribution in [-0.4, -0.2) is 16.7 Å². The van der Waals surface area contributed by atoms with E-state index in [1.807, 2.05) is 36.4 Å². The van der Waals surface area contributed by atoms with Gasteiger partial charge in [-0.05, 0) is 79.2 Å². The highest BCUT2D eigenvalue weighted by atomic mass is 19.1. The van der Waals surface area contributed by atoms with Gasteiger partial charge >= 0.3 is 0 Å². The van der Waals surface area contributed by atoms with E-state index < -0.39 is 0 Å². The molecule has 28 heavy (non-hydrogen) atoms. The van der Waals surface area contributed by atoms with Crippen LogP contribution >= 0.6 is 0 Å². The molecule has 4 rings (SSSR count). The normalized spacial score (nSPS) is 10.8. The van der Waals surface area contributed by atoms with Gasteiger partial charge in [-0.1, -0.05) is 17.3 Å². The van der Waals surface area contributed by atoms with Gasteiger partial charge in [0.25, 0.3) is 5.89 Å². The Balaban J connectivity index is 1.48. The molecule has 0 saturated carbocycles. The zero-order valence-electron chi connectivity index (χ0n) is 15.0. The minimum atomic E-state index is -0.301. The summed E-state index contributed by atoms with van der Waals surface area (Å²) in [5.41, 5.74) is 8.41. The predicted molar refractivity (Wildman–Crippen MR) is 104 cm³/mol. The summed E-state index contributed by atoms with van der Waals surface area (Å²) in [6.07, 6.45) is 0.835. The summed E-state index contributed by atoms with van der Waals surface area (Å²) in [7, 11) is 0. The van der Waals surface area contributed by atoms with Crippen molar-refractivity contribution >= 4 is 0 Å². The highest BCUT2D eigenvalue weighted by Gasteiger charge is 2.11. The zero-order valence-corrected chi connectivity index (χ0v) is 15.0. The summed E-state index contributed by atoms with van der Waals surface area (Å²) in [6.45, 7) is 0.616. The van der Waals surface area contributed by atoms with Crippen molar-refractivity contribution in [2.75, 3.05) is 6.54 Å². The van der Waals surface area contributed by atoms with E-state index in [9.17, 15) is 4.39 Å². The predicted octanol–water partition coefficient (Wildman–Crippen LogP) is 4.84. The number of aromatic nitrogens is 2. The van der Waals surface area contributed by atoms with Crippen molar-refractivity contribution in [3.05, 3.63) is 84.2 Å². The Labute approximate surface area is 161 Å². The third-order valence-corrected chi connectivity index (χ3v) is 4.22. The highest BCUT2D eigenvalue weighted by molar-refractivity contribution is 5.60. The lowest BCUT2D eigenvalue weighted by Gasteiger charge is -2.05. The Morgan fingerprint density at radius 3 is 2.07 bits per heavy atom. The first-order valence-corrected chi connectivity index (χ1v) is 8.88. The first-order valence-electron chi connectivity index (χ1n) is 8.88. The van der Waals surface area contributed by atoms with Gasteiger partial charge in [0, 0.05) is 11.1 Å². The maximum Gasteiger partial charge on any atom is 0.258 e. The number of ether oxygens (including phenoxy) is 1. The summed E-state index contributed by atoms with van der Waals surface area (Å²) in [5.74, 6) is 1.85. The molecule has 0 aliphatic heterocycles. The molecule has 0 amide bonds. The molecule has 0 spiro atoms. The van der Waals surface area contributed by atoms with E-state index in [1.54, 1.807) is 24.3 Å². The average molecular weight is 375 g/mol. The number of hydrogen-bond donors (Lipinski definition) is 1. The summed E-state index contributed by atoms with van der Waals surface area (Å²) < 4.78 is 24.0.